The molecule has 0 amide bonds. The zero-order valence-corrected chi connectivity index (χ0v) is 10.3. The predicted molar refractivity (Wildman–Crippen MR) is 67.9 cm³/mol. The van der Waals surface area contributed by atoms with Gasteiger partial charge in [-0.15, -0.1) is 0 Å². The van der Waals surface area contributed by atoms with Crippen LogP contribution in [0.3, 0.4) is 0 Å². The number of anilines is 1. The summed E-state index contributed by atoms with van der Waals surface area (Å²) in [6.45, 7) is 2.24. The Morgan fingerprint density at radius 2 is 2.06 bits per heavy atom. The van der Waals surface area contributed by atoms with Gasteiger partial charge in [-0.05, 0) is 37.3 Å². The number of halogens is 1. The molecule has 2 unspecified atom stereocenters. The normalized spacial score (nSPS) is 25.4. The fourth-order valence-electron chi connectivity index (χ4n) is 2.24. The molecule has 0 saturated heterocycles. The average Bonchev–Trinajstić information content (AvgIpc) is 2.28. The summed E-state index contributed by atoms with van der Waals surface area (Å²) >= 11 is 5.96. The monoisotopic (exact) mass is 239 g/mol. The van der Waals surface area contributed by atoms with Crippen molar-refractivity contribution in [2.45, 2.75) is 38.7 Å². The molecule has 1 fully saturated rings. The molecule has 0 heterocycles. The molecule has 1 saturated carbocycles. The SMILES string of the molecule is CC1CCCCC1Oc1cccc(Cl)c1N. The van der Waals surface area contributed by atoms with Gasteiger partial charge in [0, 0.05) is 0 Å². The molecule has 3 heteroatoms. The third kappa shape index (κ3) is 2.43. The Hall–Kier alpha value is -0.890. The number of benzene rings is 1. The quantitative estimate of drug-likeness (QED) is 0.795. The highest BCUT2D eigenvalue weighted by atomic mass is 35.5. The Labute approximate surface area is 102 Å². The van der Waals surface area contributed by atoms with Crippen LogP contribution in [0.4, 0.5) is 5.69 Å². The second-order valence-electron chi connectivity index (χ2n) is 4.57. The number of rotatable bonds is 2. The van der Waals surface area contributed by atoms with Crippen molar-refractivity contribution in [3.63, 3.8) is 0 Å². The van der Waals surface area contributed by atoms with Gasteiger partial charge in [0.15, 0.2) is 0 Å². The number of ether oxygens (including phenoxy) is 1. The summed E-state index contributed by atoms with van der Waals surface area (Å²) in [6.07, 6.45) is 5.20. The first kappa shape index (κ1) is 11.6. The van der Waals surface area contributed by atoms with Gasteiger partial charge in [0.1, 0.15) is 11.9 Å². The van der Waals surface area contributed by atoms with Gasteiger partial charge in [0.2, 0.25) is 0 Å². The van der Waals surface area contributed by atoms with Crippen LogP contribution >= 0.6 is 11.6 Å². The minimum absolute atomic E-state index is 0.287. The third-order valence-corrected chi connectivity index (χ3v) is 3.65. The lowest BCUT2D eigenvalue weighted by molar-refractivity contribution is 0.103. The van der Waals surface area contributed by atoms with Crippen LogP contribution in [0.2, 0.25) is 5.02 Å². The summed E-state index contributed by atoms with van der Waals surface area (Å²) in [5.74, 6) is 1.33. The molecule has 2 atom stereocenters. The first-order chi connectivity index (χ1) is 7.68. The maximum atomic E-state index is 5.97. The van der Waals surface area contributed by atoms with E-state index in [1.165, 1.54) is 19.3 Å². The van der Waals surface area contributed by atoms with Crippen molar-refractivity contribution in [3.8, 4) is 5.75 Å². The van der Waals surface area contributed by atoms with E-state index in [0.717, 1.165) is 12.2 Å². The largest absolute Gasteiger partial charge is 0.488 e. The molecular weight excluding hydrogens is 222 g/mol. The van der Waals surface area contributed by atoms with Crippen molar-refractivity contribution in [2.24, 2.45) is 5.92 Å². The maximum absolute atomic E-state index is 5.97. The second kappa shape index (κ2) is 4.96. The Morgan fingerprint density at radius 3 is 2.81 bits per heavy atom. The van der Waals surface area contributed by atoms with E-state index in [-0.39, 0.29) is 6.10 Å². The summed E-state index contributed by atoms with van der Waals surface area (Å²) in [5.41, 5.74) is 6.45. The van der Waals surface area contributed by atoms with Gasteiger partial charge in [-0.1, -0.05) is 31.0 Å². The predicted octanol–water partition coefficient (Wildman–Crippen LogP) is 3.88. The molecule has 0 radical (unpaired) electrons. The molecule has 2 nitrogen and oxygen atoms in total. The van der Waals surface area contributed by atoms with E-state index in [4.69, 9.17) is 22.1 Å². The minimum atomic E-state index is 0.287. The van der Waals surface area contributed by atoms with E-state index < -0.39 is 0 Å². The van der Waals surface area contributed by atoms with E-state index in [9.17, 15) is 0 Å². The molecule has 1 aromatic carbocycles. The zero-order chi connectivity index (χ0) is 11.5. The molecule has 88 valence electrons. The second-order valence-corrected chi connectivity index (χ2v) is 4.98. The first-order valence-corrected chi connectivity index (χ1v) is 6.27. The van der Waals surface area contributed by atoms with Gasteiger partial charge < -0.3 is 10.5 Å². The Morgan fingerprint density at radius 1 is 1.31 bits per heavy atom. The molecule has 1 aliphatic rings. The van der Waals surface area contributed by atoms with Crippen LogP contribution in [-0.4, -0.2) is 6.10 Å². The van der Waals surface area contributed by atoms with Crippen LogP contribution < -0.4 is 10.5 Å². The van der Waals surface area contributed by atoms with Gasteiger partial charge in [-0.2, -0.15) is 0 Å². The van der Waals surface area contributed by atoms with Gasteiger partial charge in [0.25, 0.3) is 0 Å². The fourth-order valence-corrected chi connectivity index (χ4v) is 2.41. The van der Waals surface area contributed by atoms with Crippen LogP contribution in [-0.2, 0) is 0 Å². The maximum Gasteiger partial charge on any atom is 0.144 e. The van der Waals surface area contributed by atoms with Gasteiger partial charge in [-0.25, -0.2) is 0 Å². The van der Waals surface area contributed by atoms with Crippen molar-refractivity contribution < 1.29 is 4.74 Å². The smallest absolute Gasteiger partial charge is 0.144 e. The van der Waals surface area contributed by atoms with Crippen molar-refractivity contribution in [2.75, 3.05) is 5.73 Å². The summed E-state index contributed by atoms with van der Waals surface area (Å²) in [6, 6.07) is 5.55. The average molecular weight is 240 g/mol. The van der Waals surface area contributed by atoms with Gasteiger partial charge in [-0.3, -0.25) is 0 Å². The lowest BCUT2D eigenvalue weighted by Gasteiger charge is -2.29. The van der Waals surface area contributed by atoms with Crippen molar-refractivity contribution in [1.29, 1.82) is 0 Å². The summed E-state index contributed by atoms with van der Waals surface area (Å²) < 4.78 is 5.97. The minimum Gasteiger partial charge on any atom is -0.488 e. The Balaban J connectivity index is 2.10. The molecule has 1 aliphatic carbocycles. The Bertz CT molecular complexity index is 367. The summed E-state index contributed by atoms with van der Waals surface area (Å²) in [7, 11) is 0. The summed E-state index contributed by atoms with van der Waals surface area (Å²) in [5, 5.41) is 0.570. The topological polar surface area (TPSA) is 35.2 Å². The highest BCUT2D eigenvalue weighted by molar-refractivity contribution is 6.33. The standard InChI is InChI=1S/C13H18ClNO/c1-9-5-2-3-7-11(9)16-12-8-4-6-10(14)13(12)15/h4,6,8-9,11H,2-3,5,7,15H2,1H3. The van der Waals surface area contributed by atoms with E-state index >= 15 is 0 Å². The van der Waals surface area contributed by atoms with Crippen molar-refractivity contribution in [1.82, 2.24) is 0 Å². The van der Waals surface area contributed by atoms with Gasteiger partial charge in [0.05, 0.1) is 10.7 Å². The molecule has 0 aliphatic heterocycles. The molecule has 2 rings (SSSR count). The first-order valence-electron chi connectivity index (χ1n) is 5.89. The van der Waals surface area contributed by atoms with Crippen LogP contribution in [0.15, 0.2) is 18.2 Å². The van der Waals surface area contributed by atoms with E-state index in [0.29, 0.717) is 16.6 Å². The van der Waals surface area contributed by atoms with E-state index in [2.05, 4.69) is 6.92 Å². The lowest BCUT2D eigenvalue weighted by atomic mass is 9.88. The molecule has 0 aromatic heterocycles. The molecule has 2 N–H and O–H groups in total. The van der Waals surface area contributed by atoms with E-state index in [1.54, 1.807) is 6.07 Å². The molecule has 1 aromatic rings. The molecule has 0 spiro atoms. The van der Waals surface area contributed by atoms with Crippen molar-refractivity contribution in [3.05, 3.63) is 23.2 Å². The Kier molecular flexibility index (Phi) is 3.59. The molecule has 16 heavy (non-hydrogen) atoms. The fraction of sp³-hybridized carbons (Fsp3) is 0.538. The molecule has 0 bridgehead atoms. The lowest BCUT2D eigenvalue weighted by Crippen LogP contribution is -2.28. The number of para-hydroxylation sites is 1. The van der Waals surface area contributed by atoms with Crippen LogP contribution in [0, 0.1) is 5.92 Å². The van der Waals surface area contributed by atoms with Crippen LogP contribution in [0.25, 0.3) is 0 Å². The van der Waals surface area contributed by atoms with E-state index in [1.807, 2.05) is 12.1 Å². The number of nitrogens with two attached hydrogens (primary N) is 1. The number of hydrogen-bond donors (Lipinski definition) is 1. The van der Waals surface area contributed by atoms with Crippen molar-refractivity contribution >= 4 is 17.3 Å². The third-order valence-electron chi connectivity index (χ3n) is 3.32. The molecular formula is C13H18ClNO. The summed E-state index contributed by atoms with van der Waals surface area (Å²) in [4.78, 5) is 0. The van der Waals surface area contributed by atoms with Crippen LogP contribution in [0.5, 0.6) is 5.75 Å². The highest BCUT2D eigenvalue weighted by Crippen LogP contribution is 2.33. The highest BCUT2D eigenvalue weighted by Gasteiger charge is 2.23. The number of hydrogen-bond acceptors (Lipinski definition) is 2. The number of nitrogen functional groups attached to an aromatic ring is 1. The van der Waals surface area contributed by atoms with Gasteiger partial charge >= 0.3 is 0 Å². The zero-order valence-electron chi connectivity index (χ0n) is 9.58. The van der Waals surface area contributed by atoms with Crippen LogP contribution in [0.1, 0.15) is 32.6 Å².